The van der Waals surface area contributed by atoms with Crippen molar-refractivity contribution >= 4 is 11.6 Å². The Balaban J connectivity index is 1.68. The van der Waals surface area contributed by atoms with Gasteiger partial charge in [-0.2, -0.15) is 0 Å². The van der Waals surface area contributed by atoms with Gasteiger partial charge >= 0.3 is 0 Å². The molecule has 2 aromatic rings. The van der Waals surface area contributed by atoms with Gasteiger partial charge in [-0.1, -0.05) is 6.92 Å². The van der Waals surface area contributed by atoms with E-state index in [-0.39, 0.29) is 5.91 Å². The van der Waals surface area contributed by atoms with E-state index in [4.69, 9.17) is 0 Å². The number of rotatable bonds is 4. The molecular formula is C14H18N6O. The van der Waals surface area contributed by atoms with E-state index in [1.807, 2.05) is 10.6 Å². The Hall–Kier alpha value is -2.44. The van der Waals surface area contributed by atoms with Crippen LogP contribution < -0.4 is 5.32 Å². The number of anilines is 1. The van der Waals surface area contributed by atoms with E-state index in [0.717, 1.165) is 31.0 Å². The first-order valence-corrected chi connectivity index (χ1v) is 7.14. The number of carbonyl (C=O) groups excluding carboxylic acids is 1. The molecule has 1 N–H and O–H groups in total. The Morgan fingerprint density at radius 3 is 3.05 bits per heavy atom. The Bertz CT molecular complexity index is 621. The van der Waals surface area contributed by atoms with Crippen LogP contribution >= 0.6 is 0 Å². The lowest BCUT2D eigenvalue weighted by Gasteiger charge is -2.26. The van der Waals surface area contributed by atoms with Gasteiger partial charge in [0.2, 0.25) is 0 Å². The maximum absolute atomic E-state index is 12.4. The van der Waals surface area contributed by atoms with Crippen LogP contribution in [0.2, 0.25) is 0 Å². The molecular weight excluding hydrogens is 268 g/mol. The maximum atomic E-state index is 12.4. The fourth-order valence-corrected chi connectivity index (χ4v) is 2.30. The number of hydrogen-bond acceptors (Lipinski definition) is 5. The first kappa shape index (κ1) is 13.5. The summed E-state index contributed by atoms with van der Waals surface area (Å²) < 4.78 is 1.97. The van der Waals surface area contributed by atoms with Crippen molar-refractivity contribution in [3.8, 4) is 0 Å². The van der Waals surface area contributed by atoms with E-state index in [1.54, 1.807) is 23.5 Å². The van der Waals surface area contributed by atoms with E-state index in [2.05, 4.69) is 27.4 Å². The van der Waals surface area contributed by atoms with Crippen LogP contribution in [0.3, 0.4) is 0 Å². The molecule has 0 bridgehead atoms. The third-order valence-electron chi connectivity index (χ3n) is 3.49. The summed E-state index contributed by atoms with van der Waals surface area (Å²) in [7, 11) is 0. The zero-order valence-electron chi connectivity index (χ0n) is 12.0. The van der Waals surface area contributed by atoms with Gasteiger partial charge in [0.15, 0.2) is 5.82 Å². The van der Waals surface area contributed by atoms with Crippen molar-refractivity contribution < 1.29 is 4.79 Å². The molecule has 7 nitrogen and oxygen atoms in total. The van der Waals surface area contributed by atoms with Crippen molar-refractivity contribution in [3.63, 3.8) is 0 Å². The summed E-state index contributed by atoms with van der Waals surface area (Å²) in [5, 5.41) is 11.1. The molecule has 7 heteroatoms. The normalized spacial score (nSPS) is 13.9. The van der Waals surface area contributed by atoms with Crippen molar-refractivity contribution in [3.05, 3.63) is 36.2 Å². The summed E-state index contributed by atoms with van der Waals surface area (Å²) in [6.45, 7) is 4.87. The van der Waals surface area contributed by atoms with Gasteiger partial charge in [-0.25, -0.2) is 4.98 Å². The molecule has 0 fully saturated rings. The molecule has 0 radical (unpaired) electrons. The molecule has 110 valence electrons. The second-order valence-corrected chi connectivity index (χ2v) is 5.03. The van der Waals surface area contributed by atoms with Crippen LogP contribution in [0.25, 0.3) is 0 Å². The predicted octanol–water partition coefficient (Wildman–Crippen LogP) is 1.15. The van der Waals surface area contributed by atoms with Crippen molar-refractivity contribution in [2.45, 2.75) is 26.4 Å². The highest BCUT2D eigenvalue weighted by Gasteiger charge is 2.23. The number of carbonyl (C=O) groups is 1. The minimum absolute atomic E-state index is 0.0636. The lowest BCUT2D eigenvalue weighted by atomic mass is 10.2. The molecule has 21 heavy (non-hydrogen) atoms. The third kappa shape index (κ3) is 2.86. The number of aromatic nitrogens is 4. The van der Waals surface area contributed by atoms with Crippen molar-refractivity contribution in [1.82, 2.24) is 24.6 Å². The van der Waals surface area contributed by atoms with Gasteiger partial charge in [-0.3, -0.25) is 4.79 Å². The molecule has 0 aromatic carbocycles. The molecule has 0 atom stereocenters. The summed E-state index contributed by atoms with van der Waals surface area (Å²) in [4.78, 5) is 18.5. The van der Waals surface area contributed by atoms with Crippen molar-refractivity contribution in [2.24, 2.45) is 0 Å². The second-order valence-electron chi connectivity index (χ2n) is 5.03. The number of fused-ring (bicyclic) bond motifs is 1. The molecule has 3 heterocycles. The van der Waals surface area contributed by atoms with Crippen LogP contribution in [0.1, 0.15) is 29.7 Å². The molecule has 0 unspecified atom stereocenters. The van der Waals surface area contributed by atoms with Gasteiger partial charge in [-0.15, -0.1) is 10.2 Å². The molecule has 3 rings (SSSR count). The summed E-state index contributed by atoms with van der Waals surface area (Å²) in [5.41, 5.74) is 1.40. The molecule has 2 aromatic heterocycles. The van der Waals surface area contributed by atoms with E-state index in [1.165, 1.54) is 0 Å². The Kier molecular flexibility index (Phi) is 3.81. The van der Waals surface area contributed by atoms with Crippen molar-refractivity contribution in [1.29, 1.82) is 0 Å². The zero-order chi connectivity index (χ0) is 14.7. The highest BCUT2D eigenvalue weighted by atomic mass is 16.2. The first-order valence-electron chi connectivity index (χ1n) is 7.14. The quantitative estimate of drug-likeness (QED) is 0.912. The average Bonchev–Trinajstić information content (AvgIpc) is 3.00. The third-order valence-corrected chi connectivity index (χ3v) is 3.49. The lowest BCUT2D eigenvalue weighted by Crippen LogP contribution is -2.38. The van der Waals surface area contributed by atoms with Crippen LogP contribution in [0.4, 0.5) is 5.69 Å². The Morgan fingerprint density at radius 2 is 2.29 bits per heavy atom. The molecule has 0 saturated carbocycles. The second kappa shape index (κ2) is 5.90. The van der Waals surface area contributed by atoms with E-state index < -0.39 is 0 Å². The molecule has 1 aliphatic rings. The topological polar surface area (TPSA) is 75.9 Å². The standard InChI is InChI=1S/C14H18N6O/c1-2-5-15-11-3-4-12(16-8-11)14(21)19-6-7-20-10-17-18-13(20)9-19/h3-4,8,10,15H,2,5-7,9H2,1H3. The summed E-state index contributed by atoms with van der Waals surface area (Å²) in [6, 6.07) is 3.65. The Morgan fingerprint density at radius 1 is 1.38 bits per heavy atom. The fraction of sp³-hybridized carbons (Fsp3) is 0.429. The predicted molar refractivity (Wildman–Crippen MR) is 77.8 cm³/mol. The molecule has 0 spiro atoms. The number of hydrogen-bond donors (Lipinski definition) is 1. The molecule has 0 saturated heterocycles. The largest absolute Gasteiger partial charge is 0.384 e. The zero-order valence-corrected chi connectivity index (χ0v) is 12.0. The number of nitrogens with one attached hydrogen (secondary N) is 1. The molecule has 1 aliphatic heterocycles. The van der Waals surface area contributed by atoms with E-state index >= 15 is 0 Å². The van der Waals surface area contributed by atoms with E-state index in [0.29, 0.717) is 18.8 Å². The molecule has 1 amide bonds. The molecule has 0 aliphatic carbocycles. The van der Waals surface area contributed by atoms with Crippen LogP contribution in [0.15, 0.2) is 24.7 Å². The van der Waals surface area contributed by atoms with Crippen LogP contribution in [-0.2, 0) is 13.1 Å². The smallest absolute Gasteiger partial charge is 0.272 e. The minimum Gasteiger partial charge on any atom is -0.384 e. The summed E-state index contributed by atoms with van der Waals surface area (Å²) in [6.07, 6.45) is 4.45. The number of amides is 1. The first-order chi connectivity index (χ1) is 10.3. The maximum Gasteiger partial charge on any atom is 0.272 e. The van der Waals surface area contributed by atoms with Gasteiger partial charge in [0.1, 0.15) is 12.0 Å². The highest BCUT2D eigenvalue weighted by Crippen LogP contribution is 2.13. The lowest BCUT2D eigenvalue weighted by molar-refractivity contribution is 0.0701. The minimum atomic E-state index is -0.0636. The average molecular weight is 286 g/mol. The van der Waals surface area contributed by atoms with Crippen LogP contribution in [0, 0.1) is 0 Å². The van der Waals surface area contributed by atoms with Gasteiger partial charge in [0, 0.05) is 19.6 Å². The van der Waals surface area contributed by atoms with Crippen LogP contribution in [-0.4, -0.2) is 43.6 Å². The van der Waals surface area contributed by atoms with Gasteiger partial charge in [-0.05, 0) is 18.6 Å². The van der Waals surface area contributed by atoms with Gasteiger partial charge in [0.05, 0.1) is 18.4 Å². The number of nitrogens with zero attached hydrogens (tertiary/aromatic N) is 5. The highest BCUT2D eigenvalue weighted by molar-refractivity contribution is 5.92. The van der Waals surface area contributed by atoms with Gasteiger partial charge in [0.25, 0.3) is 5.91 Å². The summed E-state index contributed by atoms with van der Waals surface area (Å²) in [5.74, 6) is 0.752. The fourth-order valence-electron chi connectivity index (χ4n) is 2.30. The van der Waals surface area contributed by atoms with Gasteiger partial charge < -0.3 is 14.8 Å². The van der Waals surface area contributed by atoms with E-state index in [9.17, 15) is 4.79 Å². The Labute approximate surface area is 123 Å². The van der Waals surface area contributed by atoms with Crippen LogP contribution in [0.5, 0.6) is 0 Å². The SMILES string of the molecule is CCCNc1ccc(C(=O)N2CCn3cnnc3C2)nc1. The number of pyridine rings is 1. The summed E-state index contributed by atoms with van der Waals surface area (Å²) >= 11 is 0. The monoisotopic (exact) mass is 286 g/mol. The van der Waals surface area contributed by atoms with Crippen molar-refractivity contribution in [2.75, 3.05) is 18.4 Å².